The Morgan fingerprint density at radius 1 is 1.58 bits per heavy atom. The van der Waals surface area contributed by atoms with Crippen LogP contribution < -0.4 is 0 Å². The summed E-state index contributed by atoms with van der Waals surface area (Å²) in [5, 5.41) is 8.89. The van der Waals surface area contributed by atoms with Crippen LogP contribution in [0.1, 0.15) is 12.8 Å². The van der Waals surface area contributed by atoms with Crippen LogP contribution in [0.2, 0.25) is 0 Å². The van der Waals surface area contributed by atoms with E-state index in [1.54, 1.807) is 0 Å². The fourth-order valence-corrected chi connectivity index (χ4v) is 2.68. The number of nitrogens with zero attached hydrogens (tertiary/aromatic N) is 1. The first-order chi connectivity index (χ1) is 5.68. The molecule has 0 radical (unpaired) electrons. The smallest absolute Gasteiger partial charge is 0.116 e. The van der Waals surface area contributed by atoms with E-state index in [4.69, 9.17) is 20.7 Å². The topological polar surface area (TPSA) is 50.1 Å². The van der Waals surface area contributed by atoms with Gasteiger partial charge < -0.3 is 4.74 Å². The van der Waals surface area contributed by atoms with E-state index in [0.717, 1.165) is 0 Å². The zero-order chi connectivity index (χ0) is 9.03. The molecule has 1 rings (SSSR count). The first kappa shape index (κ1) is 9.97. The highest BCUT2D eigenvalue weighted by Gasteiger charge is 2.34. The first-order valence-corrected chi connectivity index (χ1v) is 5.87. The van der Waals surface area contributed by atoms with E-state index < -0.39 is 15.4 Å². The molecule has 1 heterocycles. The van der Waals surface area contributed by atoms with Crippen molar-refractivity contribution in [2.75, 3.05) is 19.0 Å². The second-order valence-electron chi connectivity index (χ2n) is 2.94. The lowest BCUT2D eigenvalue weighted by Gasteiger charge is -2.28. The molecule has 0 spiro atoms. The number of halogens is 1. The predicted octanol–water partition coefficient (Wildman–Crippen LogP) is 1.21. The van der Waals surface area contributed by atoms with Crippen molar-refractivity contribution in [2.45, 2.75) is 12.8 Å². The summed E-state index contributed by atoms with van der Waals surface area (Å²) in [6, 6.07) is 2.19. The highest BCUT2D eigenvalue weighted by Crippen LogP contribution is 2.31. The molecule has 5 heteroatoms. The molecule has 1 unspecified atom stereocenters. The molecule has 1 aliphatic heterocycles. The second-order valence-corrected chi connectivity index (χ2v) is 4.84. The van der Waals surface area contributed by atoms with Gasteiger partial charge in [-0.15, -0.1) is 0 Å². The molecule has 1 saturated heterocycles. The van der Waals surface area contributed by atoms with E-state index in [0.29, 0.717) is 26.1 Å². The van der Waals surface area contributed by atoms with Crippen LogP contribution in [-0.4, -0.2) is 23.2 Å². The average Bonchev–Trinajstić information content (AvgIpc) is 2.05. The molecule has 3 nitrogen and oxygen atoms in total. The van der Waals surface area contributed by atoms with E-state index in [1.807, 2.05) is 0 Å². The molecule has 0 aromatic heterocycles. The maximum absolute atomic E-state index is 10.8. The van der Waals surface area contributed by atoms with Crippen LogP contribution >= 0.6 is 10.7 Å². The minimum atomic E-state index is -1.41. The molecule has 0 aromatic rings. The quantitative estimate of drug-likeness (QED) is 0.640. The van der Waals surface area contributed by atoms with Gasteiger partial charge in [0.15, 0.2) is 0 Å². The van der Waals surface area contributed by atoms with Crippen molar-refractivity contribution >= 4 is 20.7 Å². The van der Waals surface area contributed by atoms with Crippen molar-refractivity contribution in [1.82, 2.24) is 0 Å². The molecule has 0 aromatic carbocycles. The normalized spacial score (nSPS) is 24.3. The highest BCUT2D eigenvalue weighted by atomic mass is 35.7. The third-order valence-corrected chi connectivity index (χ3v) is 3.18. The first-order valence-electron chi connectivity index (χ1n) is 3.72. The van der Waals surface area contributed by atoms with Crippen LogP contribution in [0.5, 0.6) is 0 Å². The van der Waals surface area contributed by atoms with Gasteiger partial charge in [0.25, 0.3) is 0 Å². The van der Waals surface area contributed by atoms with Gasteiger partial charge in [-0.05, 0) is 23.5 Å². The van der Waals surface area contributed by atoms with Crippen molar-refractivity contribution in [3.05, 3.63) is 0 Å². The fraction of sp³-hybridized carbons (Fsp3) is 0.857. The Kier molecular flexibility index (Phi) is 3.51. The molecule has 1 atom stereocenters. The molecule has 0 bridgehead atoms. The number of nitriles is 1. The number of hydrogen-bond acceptors (Lipinski definition) is 3. The Labute approximate surface area is 78.6 Å². The Morgan fingerprint density at radius 3 is 2.58 bits per heavy atom. The van der Waals surface area contributed by atoms with Crippen LogP contribution in [-0.2, 0) is 14.7 Å². The average molecular weight is 208 g/mol. The Bertz CT molecular complexity index is 220. The van der Waals surface area contributed by atoms with E-state index in [9.17, 15) is 4.21 Å². The SMILES string of the molecule is N#CC1(CS(=O)Cl)CCOCC1. The molecular weight excluding hydrogens is 198 g/mol. The summed E-state index contributed by atoms with van der Waals surface area (Å²) in [6.07, 6.45) is 1.28. The van der Waals surface area contributed by atoms with Crippen LogP contribution in [0.15, 0.2) is 0 Å². The number of rotatable bonds is 2. The van der Waals surface area contributed by atoms with Gasteiger partial charge in [-0.3, -0.25) is 0 Å². The third-order valence-electron chi connectivity index (χ3n) is 2.08. The standard InChI is InChI=1S/C7H10ClNO2S/c8-12(10)6-7(5-9)1-3-11-4-2-7/h1-4,6H2. The van der Waals surface area contributed by atoms with Crippen molar-refractivity contribution in [3.63, 3.8) is 0 Å². The predicted molar refractivity (Wildman–Crippen MR) is 47.0 cm³/mol. The largest absolute Gasteiger partial charge is 0.381 e. The van der Waals surface area contributed by atoms with E-state index in [1.165, 1.54) is 0 Å². The molecule has 0 saturated carbocycles. The van der Waals surface area contributed by atoms with Gasteiger partial charge in [0.1, 0.15) is 10.0 Å². The summed E-state index contributed by atoms with van der Waals surface area (Å²) in [7, 11) is 3.95. The van der Waals surface area contributed by atoms with Crippen LogP contribution in [0, 0.1) is 16.7 Å². The lowest BCUT2D eigenvalue weighted by molar-refractivity contribution is 0.0495. The summed E-state index contributed by atoms with van der Waals surface area (Å²) in [5.74, 6) is 0.258. The third kappa shape index (κ3) is 2.44. The zero-order valence-electron chi connectivity index (χ0n) is 6.59. The van der Waals surface area contributed by atoms with Gasteiger partial charge >= 0.3 is 0 Å². The van der Waals surface area contributed by atoms with Gasteiger partial charge in [0, 0.05) is 13.2 Å². The number of hydrogen-bond donors (Lipinski definition) is 0. The zero-order valence-corrected chi connectivity index (χ0v) is 8.16. The molecule has 68 valence electrons. The van der Waals surface area contributed by atoms with E-state index >= 15 is 0 Å². The molecule has 0 N–H and O–H groups in total. The lowest BCUT2D eigenvalue weighted by atomic mass is 9.84. The maximum atomic E-state index is 10.8. The minimum Gasteiger partial charge on any atom is -0.381 e. The van der Waals surface area contributed by atoms with Gasteiger partial charge in [-0.1, -0.05) is 0 Å². The number of ether oxygens (including phenoxy) is 1. The van der Waals surface area contributed by atoms with Crippen LogP contribution in [0.4, 0.5) is 0 Å². The van der Waals surface area contributed by atoms with Crippen molar-refractivity contribution in [2.24, 2.45) is 5.41 Å². The summed E-state index contributed by atoms with van der Waals surface area (Å²) in [4.78, 5) is 0. The molecule has 1 fully saturated rings. The van der Waals surface area contributed by atoms with Gasteiger partial charge in [0.05, 0.1) is 17.2 Å². The molecule has 0 aliphatic carbocycles. The molecule has 12 heavy (non-hydrogen) atoms. The minimum absolute atomic E-state index is 0.258. The van der Waals surface area contributed by atoms with Crippen LogP contribution in [0.3, 0.4) is 0 Å². The summed E-state index contributed by atoms with van der Waals surface area (Å²) in [5.41, 5.74) is -0.509. The Hall–Kier alpha value is -0.110. The van der Waals surface area contributed by atoms with Gasteiger partial charge in [-0.25, -0.2) is 4.21 Å². The van der Waals surface area contributed by atoms with Crippen LogP contribution in [0.25, 0.3) is 0 Å². The second kappa shape index (κ2) is 4.22. The van der Waals surface area contributed by atoms with Crippen molar-refractivity contribution in [3.8, 4) is 6.07 Å². The Morgan fingerprint density at radius 2 is 2.17 bits per heavy atom. The van der Waals surface area contributed by atoms with E-state index in [-0.39, 0.29) is 5.75 Å². The van der Waals surface area contributed by atoms with Crippen molar-refractivity contribution in [1.29, 1.82) is 5.26 Å². The fourth-order valence-electron chi connectivity index (χ4n) is 1.27. The molecular formula is C7H10ClNO2S. The summed E-state index contributed by atoms with van der Waals surface area (Å²) >= 11 is 0. The monoisotopic (exact) mass is 207 g/mol. The maximum Gasteiger partial charge on any atom is 0.116 e. The van der Waals surface area contributed by atoms with Gasteiger partial charge in [0.2, 0.25) is 0 Å². The summed E-state index contributed by atoms with van der Waals surface area (Å²) < 4.78 is 15.9. The lowest BCUT2D eigenvalue weighted by Crippen LogP contribution is -2.32. The summed E-state index contributed by atoms with van der Waals surface area (Å²) in [6.45, 7) is 1.14. The van der Waals surface area contributed by atoms with Gasteiger partial charge in [-0.2, -0.15) is 5.26 Å². The molecule has 1 aliphatic rings. The van der Waals surface area contributed by atoms with E-state index in [2.05, 4.69) is 6.07 Å². The molecule has 0 amide bonds. The van der Waals surface area contributed by atoms with Crippen molar-refractivity contribution < 1.29 is 8.95 Å². The highest BCUT2D eigenvalue weighted by molar-refractivity contribution is 8.08. The Balaban J connectivity index is 2.61.